The van der Waals surface area contributed by atoms with Crippen molar-refractivity contribution in [3.63, 3.8) is 0 Å². The van der Waals surface area contributed by atoms with Crippen LogP contribution in [-0.2, 0) is 13.5 Å². The number of aliphatic hydroxyl groups is 1. The first-order chi connectivity index (χ1) is 10.3. The van der Waals surface area contributed by atoms with E-state index in [2.05, 4.69) is 5.10 Å². The van der Waals surface area contributed by atoms with Gasteiger partial charge in [0.1, 0.15) is 17.3 Å². The van der Waals surface area contributed by atoms with E-state index in [0.717, 1.165) is 0 Å². The van der Waals surface area contributed by atoms with E-state index in [1.807, 2.05) is 13.8 Å². The van der Waals surface area contributed by atoms with Crippen LogP contribution in [0.3, 0.4) is 0 Å². The van der Waals surface area contributed by atoms with Gasteiger partial charge in [-0.25, -0.2) is 4.39 Å². The van der Waals surface area contributed by atoms with Crippen molar-refractivity contribution in [2.45, 2.75) is 26.4 Å². The summed E-state index contributed by atoms with van der Waals surface area (Å²) in [6, 6.07) is 2.68. The van der Waals surface area contributed by atoms with E-state index in [-0.39, 0.29) is 23.3 Å². The minimum Gasteiger partial charge on any atom is -0.489 e. The number of nitrogens with zero attached hydrogens (tertiary/aromatic N) is 2. The summed E-state index contributed by atoms with van der Waals surface area (Å²) < 4.78 is 21.4. The number of aliphatic hydroxyl groups excluding tert-OH is 1. The van der Waals surface area contributed by atoms with E-state index in [4.69, 9.17) is 33.0 Å². The molecule has 0 bridgehead atoms. The van der Waals surface area contributed by atoms with Gasteiger partial charge in [-0.1, -0.05) is 23.2 Å². The quantitative estimate of drug-likeness (QED) is 0.894. The summed E-state index contributed by atoms with van der Waals surface area (Å²) in [7, 11) is 1.69. The summed E-state index contributed by atoms with van der Waals surface area (Å²) in [5, 5.41) is 13.8. The van der Waals surface area contributed by atoms with Crippen LogP contribution in [0.1, 0.15) is 19.5 Å². The Hall–Kier alpha value is -1.30. The highest BCUT2D eigenvalue weighted by molar-refractivity contribution is 6.34. The Morgan fingerprint density at radius 1 is 1.36 bits per heavy atom. The molecule has 0 atom stereocenters. The zero-order valence-corrected chi connectivity index (χ0v) is 14.0. The molecule has 0 radical (unpaired) electrons. The number of hydrogen-bond donors (Lipinski definition) is 1. The van der Waals surface area contributed by atoms with E-state index in [0.29, 0.717) is 28.6 Å². The second kappa shape index (κ2) is 6.86. The highest BCUT2D eigenvalue weighted by Gasteiger charge is 2.20. The van der Waals surface area contributed by atoms with Gasteiger partial charge in [0.25, 0.3) is 0 Å². The summed E-state index contributed by atoms with van der Waals surface area (Å²) in [6.45, 7) is 3.64. The zero-order chi connectivity index (χ0) is 16.4. The largest absolute Gasteiger partial charge is 0.489 e. The molecule has 1 heterocycles. The molecule has 0 unspecified atom stereocenters. The van der Waals surface area contributed by atoms with Crippen molar-refractivity contribution in [2.75, 3.05) is 6.61 Å². The number of ether oxygens (including phenoxy) is 1. The van der Waals surface area contributed by atoms with Gasteiger partial charge in [0.2, 0.25) is 0 Å². The van der Waals surface area contributed by atoms with Crippen LogP contribution in [0.25, 0.3) is 11.3 Å². The third-order valence-corrected chi connectivity index (χ3v) is 3.78. The molecule has 4 nitrogen and oxygen atoms in total. The predicted molar refractivity (Wildman–Crippen MR) is 85.2 cm³/mol. The third kappa shape index (κ3) is 3.37. The normalized spacial score (nSPS) is 11.3. The second-order valence-corrected chi connectivity index (χ2v) is 5.92. The Kier molecular flexibility index (Phi) is 5.32. The van der Waals surface area contributed by atoms with Gasteiger partial charge in [-0.2, -0.15) is 5.10 Å². The van der Waals surface area contributed by atoms with Crippen molar-refractivity contribution in [3.8, 4) is 17.0 Å². The molecule has 2 rings (SSSR count). The third-order valence-electron chi connectivity index (χ3n) is 3.09. The fraction of sp³-hybridized carbons (Fsp3) is 0.400. The molecule has 0 saturated heterocycles. The van der Waals surface area contributed by atoms with Crippen LogP contribution in [0, 0.1) is 5.82 Å². The fourth-order valence-electron chi connectivity index (χ4n) is 2.14. The number of benzene rings is 1. The fourth-order valence-corrected chi connectivity index (χ4v) is 2.69. The Morgan fingerprint density at radius 3 is 2.64 bits per heavy atom. The molecule has 0 amide bonds. The lowest BCUT2D eigenvalue weighted by Crippen LogP contribution is -2.06. The molecule has 22 heavy (non-hydrogen) atoms. The molecule has 0 aliphatic rings. The van der Waals surface area contributed by atoms with Crippen LogP contribution >= 0.6 is 23.2 Å². The van der Waals surface area contributed by atoms with Crippen LogP contribution in [0.2, 0.25) is 10.0 Å². The Balaban J connectivity index is 2.55. The van der Waals surface area contributed by atoms with Gasteiger partial charge in [0, 0.05) is 25.6 Å². The highest BCUT2D eigenvalue weighted by atomic mass is 35.5. The number of halogens is 3. The number of aromatic nitrogens is 2. The van der Waals surface area contributed by atoms with E-state index in [1.165, 1.54) is 16.8 Å². The molecule has 2 aromatic rings. The maximum atomic E-state index is 14.3. The number of rotatable bonds is 5. The maximum absolute atomic E-state index is 14.3. The summed E-state index contributed by atoms with van der Waals surface area (Å²) in [4.78, 5) is 0. The smallest absolute Gasteiger partial charge is 0.139 e. The van der Waals surface area contributed by atoms with E-state index in [9.17, 15) is 4.39 Å². The lowest BCUT2D eigenvalue weighted by Gasteiger charge is -2.13. The van der Waals surface area contributed by atoms with Crippen LogP contribution in [0.15, 0.2) is 12.1 Å². The van der Waals surface area contributed by atoms with E-state index >= 15 is 0 Å². The van der Waals surface area contributed by atoms with Gasteiger partial charge in [-0.15, -0.1) is 0 Å². The van der Waals surface area contributed by atoms with Crippen molar-refractivity contribution < 1.29 is 14.2 Å². The first-order valence-corrected chi connectivity index (χ1v) is 7.59. The standard InChI is InChI=1S/C15H17Cl2FN2O2/c1-8(2)22-13-6-9(11(18)7-10(13)16)15-14(17)12(4-5-21)20(3)19-15/h6-8,21H,4-5H2,1-3H3. The monoisotopic (exact) mass is 346 g/mol. The lowest BCUT2D eigenvalue weighted by atomic mass is 10.1. The van der Waals surface area contributed by atoms with Crippen molar-refractivity contribution >= 4 is 23.2 Å². The van der Waals surface area contributed by atoms with E-state index in [1.54, 1.807) is 7.05 Å². The lowest BCUT2D eigenvalue weighted by molar-refractivity contribution is 0.242. The van der Waals surface area contributed by atoms with E-state index < -0.39 is 5.82 Å². The highest BCUT2D eigenvalue weighted by Crippen LogP contribution is 2.37. The average Bonchev–Trinajstić information content (AvgIpc) is 2.70. The Morgan fingerprint density at radius 2 is 2.05 bits per heavy atom. The Bertz CT molecular complexity index is 687. The Labute approximate surface area is 138 Å². The average molecular weight is 347 g/mol. The molecule has 0 spiro atoms. The summed E-state index contributed by atoms with van der Waals surface area (Å²) >= 11 is 12.3. The first-order valence-electron chi connectivity index (χ1n) is 6.83. The summed E-state index contributed by atoms with van der Waals surface area (Å²) in [6.07, 6.45) is 0.243. The van der Waals surface area contributed by atoms with Crippen LogP contribution in [0.5, 0.6) is 5.75 Å². The number of hydrogen-bond acceptors (Lipinski definition) is 3. The maximum Gasteiger partial charge on any atom is 0.139 e. The molecular weight excluding hydrogens is 330 g/mol. The topological polar surface area (TPSA) is 47.3 Å². The van der Waals surface area contributed by atoms with Crippen LogP contribution in [-0.4, -0.2) is 27.6 Å². The minimum absolute atomic E-state index is 0.0660. The van der Waals surface area contributed by atoms with Gasteiger partial charge in [0.15, 0.2) is 0 Å². The first kappa shape index (κ1) is 17.1. The molecule has 0 aliphatic heterocycles. The molecule has 120 valence electrons. The van der Waals surface area contributed by atoms with Gasteiger partial charge in [0.05, 0.1) is 21.8 Å². The predicted octanol–water partition coefficient (Wildman–Crippen LogP) is 3.86. The van der Waals surface area contributed by atoms with Gasteiger partial charge in [-0.3, -0.25) is 4.68 Å². The molecule has 7 heteroatoms. The van der Waals surface area contributed by atoms with Crippen molar-refractivity contribution in [1.29, 1.82) is 0 Å². The zero-order valence-electron chi connectivity index (χ0n) is 12.5. The SMILES string of the molecule is CC(C)Oc1cc(-c2nn(C)c(CCO)c2Cl)c(F)cc1Cl. The molecule has 1 N–H and O–H groups in total. The van der Waals surface area contributed by atoms with Gasteiger partial charge in [-0.05, 0) is 26.0 Å². The van der Waals surface area contributed by atoms with Gasteiger partial charge < -0.3 is 9.84 Å². The molecule has 1 aromatic carbocycles. The molecule has 0 fully saturated rings. The van der Waals surface area contributed by atoms with Crippen LogP contribution in [0.4, 0.5) is 4.39 Å². The minimum atomic E-state index is -0.531. The molecule has 1 aromatic heterocycles. The van der Waals surface area contributed by atoms with Crippen LogP contribution < -0.4 is 4.74 Å². The molecular formula is C15H17Cl2FN2O2. The summed E-state index contributed by atoms with van der Waals surface area (Å²) in [5.74, 6) is -0.157. The molecule has 0 aliphatic carbocycles. The van der Waals surface area contributed by atoms with Gasteiger partial charge >= 0.3 is 0 Å². The second-order valence-electron chi connectivity index (χ2n) is 5.14. The van der Waals surface area contributed by atoms with Crippen molar-refractivity contribution in [2.24, 2.45) is 7.05 Å². The summed E-state index contributed by atoms with van der Waals surface area (Å²) in [5.41, 5.74) is 1.15. The van der Waals surface area contributed by atoms with Crippen molar-refractivity contribution in [1.82, 2.24) is 9.78 Å². The molecule has 0 saturated carbocycles. The van der Waals surface area contributed by atoms with Crippen molar-refractivity contribution in [3.05, 3.63) is 33.7 Å². The number of aryl methyl sites for hydroxylation is 1.